The van der Waals surface area contributed by atoms with Crippen LogP contribution in [0.5, 0.6) is 5.75 Å². The Morgan fingerprint density at radius 3 is 2.71 bits per heavy atom. The molecule has 1 aromatic carbocycles. The van der Waals surface area contributed by atoms with Gasteiger partial charge < -0.3 is 29.7 Å². The van der Waals surface area contributed by atoms with Crippen molar-refractivity contribution in [3.63, 3.8) is 0 Å². The highest BCUT2D eigenvalue weighted by molar-refractivity contribution is 7.90. The first-order chi connectivity index (χ1) is 18.4. The van der Waals surface area contributed by atoms with E-state index in [-0.39, 0.29) is 24.1 Å². The summed E-state index contributed by atoms with van der Waals surface area (Å²) in [6.45, 7) is 3.93. The van der Waals surface area contributed by atoms with Gasteiger partial charge in [-0.05, 0) is 12.1 Å². The summed E-state index contributed by atoms with van der Waals surface area (Å²) in [6, 6.07) is 7.58. The molecule has 1 atom stereocenters. The molecule has 1 saturated heterocycles. The summed E-state index contributed by atoms with van der Waals surface area (Å²) in [6.07, 6.45) is 3.12. The number of ether oxygens (including phenoxy) is 1. The van der Waals surface area contributed by atoms with Crippen molar-refractivity contribution in [3.8, 4) is 17.2 Å². The molecule has 4 aromatic rings. The van der Waals surface area contributed by atoms with Crippen molar-refractivity contribution >= 4 is 34.4 Å². The third-order valence-corrected chi connectivity index (χ3v) is 6.92. The SMILES string of the molecule is C[S+]([O-])CCOc1cc(N2CCN(CCNc3nc(N)n4nc(-c5ccco5)cc4n3)CC2)c(F)cc1F. The molecule has 1 unspecified atom stereocenters. The smallest absolute Gasteiger partial charge is 0.228 e. The summed E-state index contributed by atoms with van der Waals surface area (Å²) in [5, 5.41) is 7.58. The summed E-state index contributed by atoms with van der Waals surface area (Å²) < 4.78 is 52.1. The van der Waals surface area contributed by atoms with Crippen molar-refractivity contribution in [1.29, 1.82) is 0 Å². The average molecular weight is 547 g/mol. The number of halogens is 2. The molecule has 0 aliphatic carbocycles. The maximum Gasteiger partial charge on any atom is 0.228 e. The quantitative estimate of drug-likeness (QED) is 0.285. The Balaban J connectivity index is 1.14. The molecule has 0 spiro atoms. The van der Waals surface area contributed by atoms with Crippen LogP contribution in [0.4, 0.5) is 26.4 Å². The number of hydrogen-bond acceptors (Lipinski definition) is 10. The van der Waals surface area contributed by atoms with E-state index in [1.54, 1.807) is 30.7 Å². The minimum atomic E-state index is -1.06. The summed E-state index contributed by atoms with van der Waals surface area (Å²) in [7, 11) is 0. The summed E-state index contributed by atoms with van der Waals surface area (Å²) in [5.74, 6) is 0.0463. The third-order valence-electron chi connectivity index (χ3n) is 6.18. The van der Waals surface area contributed by atoms with Crippen LogP contribution >= 0.6 is 0 Å². The van der Waals surface area contributed by atoms with Gasteiger partial charge in [-0.1, -0.05) is 11.2 Å². The molecule has 38 heavy (non-hydrogen) atoms. The molecular formula is C24H28F2N8O3S. The molecular weight excluding hydrogens is 518 g/mol. The molecule has 0 saturated carbocycles. The standard InChI is InChI=1S/C24H28F2N8O3S/c1-38(35)12-11-37-21-15-19(16(25)13-17(21)26)33-8-6-32(7-9-33)5-4-28-24-29-22-14-18(20-3-2-10-36-20)31-34(22)23(27)30-24/h2-3,10,13-15H,4-9,11-12H2,1H3,(H3,27,28,29,30). The van der Waals surface area contributed by atoms with Crippen LogP contribution in [0, 0.1) is 11.6 Å². The molecule has 0 amide bonds. The van der Waals surface area contributed by atoms with Crippen molar-refractivity contribution in [3.05, 3.63) is 48.2 Å². The monoisotopic (exact) mass is 546 g/mol. The lowest BCUT2D eigenvalue weighted by atomic mass is 10.2. The molecule has 14 heteroatoms. The Morgan fingerprint density at radius 2 is 1.97 bits per heavy atom. The number of rotatable bonds is 10. The maximum absolute atomic E-state index is 14.5. The summed E-state index contributed by atoms with van der Waals surface area (Å²) in [4.78, 5) is 12.9. The second kappa shape index (κ2) is 11.4. The number of aromatic nitrogens is 4. The number of nitrogens with zero attached hydrogens (tertiary/aromatic N) is 6. The molecule has 1 fully saturated rings. The molecule has 1 aliphatic heterocycles. The van der Waals surface area contributed by atoms with Crippen LogP contribution in [0.15, 0.2) is 41.0 Å². The fourth-order valence-corrected chi connectivity index (χ4v) is 4.53. The lowest BCUT2D eigenvalue weighted by Gasteiger charge is -2.36. The number of piperazine rings is 1. The third kappa shape index (κ3) is 5.92. The van der Waals surface area contributed by atoms with Crippen molar-refractivity contribution < 1.29 is 22.5 Å². The zero-order chi connectivity index (χ0) is 26.6. The molecule has 4 heterocycles. The molecule has 0 bridgehead atoms. The van der Waals surface area contributed by atoms with Gasteiger partial charge in [0, 0.05) is 57.5 Å². The van der Waals surface area contributed by atoms with Gasteiger partial charge >= 0.3 is 0 Å². The van der Waals surface area contributed by atoms with Gasteiger partial charge in [-0.15, -0.1) is 0 Å². The van der Waals surface area contributed by atoms with E-state index < -0.39 is 22.8 Å². The minimum Gasteiger partial charge on any atom is -0.616 e. The van der Waals surface area contributed by atoms with Crippen molar-refractivity contribution in [2.75, 3.05) is 73.8 Å². The topological polar surface area (TPSA) is 133 Å². The summed E-state index contributed by atoms with van der Waals surface area (Å²) in [5.41, 5.74) is 7.52. The molecule has 3 aromatic heterocycles. The second-order valence-corrected chi connectivity index (χ2v) is 10.4. The van der Waals surface area contributed by atoms with Crippen LogP contribution < -0.4 is 20.7 Å². The van der Waals surface area contributed by atoms with Gasteiger partial charge in [0.15, 0.2) is 23.0 Å². The molecule has 3 N–H and O–H groups in total. The number of furan rings is 1. The largest absolute Gasteiger partial charge is 0.616 e. The Bertz CT molecular complexity index is 1380. The van der Waals surface area contributed by atoms with Gasteiger partial charge in [-0.25, -0.2) is 8.78 Å². The number of hydrogen-bond donors (Lipinski definition) is 2. The maximum atomic E-state index is 14.5. The zero-order valence-electron chi connectivity index (χ0n) is 20.8. The first-order valence-electron chi connectivity index (χ1n) is 12.1. The molecule has 5 rings (SSSR count). The molecule has 11 nitrogen and oxygen atoms in total. The van der Waals surface area contributed by atoms with Crippen LogP contribution in [0.3, 0.4) is 0 Å². The molecule has 0 radical (unpaired) electrons. The van der Waals surface area contributed by atoms with E-state index in [0.29, 0.717) is 68.0 Å². The Kier molecular flexibility index (Phi) is 7.81. The van der Waals surface area contributed by atoms with E-state index in [2.05, 4.69) is 25.3 Å². The fourth-order valence-electron chi connectivity index (χ4n) is 4.21. The van der Waals surface area contributed by atoms with Crippen molar-refractivity contribution in [1.82, 2.24) is 24.5 Å². The Hall–Kier alpha value is -3.62. The first kappa shape index (κ1) is 26.0. The van der Waals surface area contributed by atoms with E-state index in [9.17, 15) is 13.3 Å². The second-order valence-electron chi connectivity index (χ2n) is 8.80. The van der Waals surface area contributed by atoms with Crippen LogP contribution in [-0.4, -0.2) is 86.9 Å². The molecule has 1 aliphatic rings. The number of nitrogens with one attached hydrogen (secondary N) is 1. The number of benzene rings is 1. The highest BCUT2D eigenvalue weighted by Crippen LogP contribution is 2.29. The van der Waals surface area contributed by atoms with Gasteiger partial charge in [-0.2, -0.15) is 19.6 Å². The first-order valence-corrected chi connectivity index (χ1v) is 13.8. The number of nitrogens with two attached hydrogens (primary N) is 1. The van der Waals surface area contributed by atoms with Crippen LogP contribution in [-0.2, 0) is 11.2 Å². The van der Waals surface area contributed by atoms with Crippen molar-refractivity contribution in [2.24, 2.45) is 0 Å². The highest BCUT2D eigenvalue weighted by atomic mass is 32.2. The van der Waals surface area contributed by atoms with E-state index in [0.717, 1.165) is 6.07 Å². The van der Waals surface area contributed by atoms with Gasteiger partial charge in [0.2, 0.25) is 11.9 Å². The minimum absolute atomic E-state index is 0.0378. The fraction of sp³-hybridized carbons (Fsp3) is 0.375. The normalized spacial score (nSPS) is 15.2. The Morgan fingerprint density at radius 1 is 1.16 bits per heavy atom. The lowest BCUT2D eigenvalue weighted by Crippen LogP contribution is -2.48. The predicted molar refractivity (Wildman–Crippen MR) is 141 cm³/mol. The van der Waals surface area contributed by atoms with Crippen LogP contribution in [0.2, 0.25) is 0 Å². The van der Waals surface area contributed by atoms with E-state index in [1.165, 1.54) is 10.6 Å². The number of nitrogen functional groups attached to an aromatic ring is 1. The van der Waals surface area contributed by atoms with Gasteiger partial charge in [0.05, 0.1) is 18.2 Å². The van der Waals surface area contributed by atoms with E-state index >= 15 is 0 Å². The van der Waals surface area contributed by atoms with Gasteiger partial charge in [0.25, 0.3) is 0 Å². The van der Waals surface area contributed by atoms with E-state index in [4.69, 9.17) is 14.9 Å². The van der Waals surface area contributed by atoms with Gasteiger partial charge in [-0.3, -0.25) is 4.90 Å². The zero-order valence-corrected chi connectivity index (χ0v) is 21.6. The highest BCUT2D eigenvalue weighted by Gasteiger charge is 2.22. The lowest BCUT2D eigenvalue weighted by molar-refractivity contribution is 0.266. The van der Waals surface area contributed by atoms with Crippen LogP contribution in [0.25, 0.3) is 17.1 Å². The Labute approximate surface area is 220 Å². The summed E-state index contributed by atoms with van der Waals surface area (Å²) >= 11 is -1.06. The van der Waals surface area contributed by atoms with Gasteiger partial charge in [0.1, 0.15) is 23.9 Å². The van der Waals surface area contributed by atoms with E-state index in [1.807, 2.05) is 4.90 Å². The van der Waals surface area contributed by atoms with Crippen molar-refractivity contribution in [2.45, 2.75) is 0 Å². The number of anilines is 3. The number of fused-ring (bicyclic) bond motifs is 1. The predicted octanol–water partition coefficient (Wildman–Crippen LogP) is 2.24. The van der Waals surface area contributed by atoms with Crippen LogP contribution in [0.1, 0.15) is 0 Å². The average Bonchev–Trinajstić information content (AvgIpc) is 3.56. The molecule has 202 valence electrons.